The van der Waals surface area contributed by atoms with Crippen molar-refractivity contribution in [2.75, 3.05) is 5.32 Å². The number of hydrogen-bond donors (Lipinski definition) is 1. The van der Waals surface area contributed by atoms with Crippen LogP contribution in [0.2, 0.25) is 0 Å². The zero-order chi connectivity index (χ0) is 13.8. The molecule has 19 heavy (non-hydrogen) atoms. The van der Waals surface area contributed by atoms with E-state index in [1.54, 1.807) is 0 Å². The zero-order valence-corrected chi connectivity index (χ0v) is 14.3. The van der Waals surface area contributed by atoms with E-state index in [1.165, 1.54) is 11.1 Å². The highest BCUT2D eigenvalue weighted by molar-refractivity contribution is 9.10. The molecule has 0 saturated carbocycles. The average Bonchev–Trinajstić information content (AvgIpc) is 2.39. The third-order valence-corrected chi connectivity index (χ3v) is 4.32. The highest BCUT2D eigenvalue weighted by atomic mass is 79.9. The van der Waals surface area contributed by atoms with Crippen LogP contribution < -0.4 is 5.32 Å². The molecule has 100 valence electrons. The van der Waals surface area contributed by atoms with Crippen molar-refractivity contribution in [1.29, 1.82) is 0 Å². The fraction of sp³-hybridized carbons (Fsp3) is 0.250. The summed E-state index contributed by atoms with van der Waals surface area (Å²) < 4.78 is 2.23. The fourth-order valence-corrected chi connectivity index (χ4v) is 2.91. The van der Waals surface area contributed by atoms with Crippen LogP contribution >= 0.6 is 31.9 Å². The van der Waals surface area contributed by atoms with Gasteiger partial charge in [-0.1, -0.05) is 41.1 Å². The van der Waals surface area contributed by atoms with Gasteiger partial charge in [-0.25, -0.2) is 0 Å². The van der Waals surface area contributed by atoms with Crippen LogP contribution in [0.4, 0.5) is 5.69 Å². The second-order valence-electron chi connectivity index (χ2n) is 4.64. The predicted molar refractivity (Wildman–Crippen MR) is 89.7 cm³/mol. The van der Waals surface area contributed by atoms with Gasteiger partial charge in [0.1, 0.15) is 0 Å². The normalized spacial score (nSPS) is 12.2. The summed E-state index contributed by atoms with van der Waals surface area (Å²) in [7, 11) is 0. The predicted octanol–water partition coefficient (Wildman–Crippen LogP) is 6.08. The standard InChI is InChI=1S/C16H17Br2N/c1-3-15(12-5-7-13(17)8-6-12)19-16-9-4-11(2)10-14(16)18/h4-10,15,19H,3H2,1-2H3. The molecule has 1 atom stereocenters. The van der Waals surface area contributed by atoms with Gasteiger partial charge in [0.15, 0.2) is 0 Å². The molecule has 1 nitrogen and oxygen atoms in total. The van der Waals surface area contributed by atoms with Crippen molar-refractivity contribution in [1.82, 2.24) is 0 Å². The Morgan fingerprint density at radius 3 is 2.32 bits per heavy atom. The second-order valence-corrected chi connectivity index (χ2v) is 6.41. The Kier molecular flexibility index (Phi) is 5.06. The third-order valence-electron chi connectivity index (χ3n) is 3.13. The first-order chi connectivity index (χ1) is 9.10. The Labute approximate surface area is 131 Å². The number of rotatable bonds is 4. The second kappa shape index (κ2) is 6.58. The van der Waals surface area contributed by atoms with Crippen molar-refractivity contribution in [3.8, 4) is 0 Å². The lowest BCUT2D eigenvalue weighted by molar-refractivity contribution is 0.748. The summed E-state index contributed by atoms with van der Waals surface area (Å²) in [6.07, 6.45) is 1.04. The van der Waals surface area contributed by atoms with Gasteiger partial charge in [-0.2, -0.15) is 0 Å². The third kappa shape index (κ3) is 3.83. The minimum absolute atomic E-state index is 0.326. The first-order valence-corrected chi connectivity index (χ1v) is 7.97. The van der Waals surface area contributed by atoms with E-state index in [9.17, 15) is 0 Å². The molecular weight excluding hydrogens is 366 g/mol. The summed E-state index contributed by atoms with van der Waals surface area (Å²) in [5.41, 5.74) is 3.70. The van der Waals surface area contributed by atoms with E-state index in [0.717, 1.165) is 21.1 Å². The smallest absolute Gasteiger partial charge is 0.0511 e. The maximum Gasteiger partial charge on any atom is 0.0511 e. The van der Waals surface area contributed by atoms with E-state index >= 15 is 0 Å². The van der Waals surface area contributed by atoms with Gasteiger partial charge in [0, 0.05) is 14.6 Å². The fourth-order valence-electron chi connectivity index (χ4n) is 2.04. The molecular formula is C16H17Br2N. The number of aryl methyl sites for hydroxylation is 1. The van der Waals surface area contributed by atoms with Crippen molar-refractivity contribution >= 4 is 37.5 Å². The van der Waals surface area contributed by atoms with E-state index in [1.807, 2.05) is 0 Å². The molecule has 1 unspecified atom stereocenters. The SMILES string of the molecule is CCC(Nc1ccc(C)cc1Br)c1ccc(Br)cc1. The lowest BCUT2D eigenvalue weighted by atomic mass is 10.0. The molecule has 0 aromatic heterocycles. The van der Waals surface area contributed by atoms with Crippen LogP contribution in [-0.4, -0.2) is 0 Å². The molecule has 0 amide bonds. The summed E-state index contributed by atoms with van der Waals surface area (Å²) >= 11 is 7.09. The summed E-state index contributed by atoms with van der Waals surface area (Å²) in [6.45, 7) is 4.29. The van der Waals surface area contributed by atoms with Crippen molar-refractivity contribution in [3.05, 3.63) is 62.5 Å². The Morgan fingerprint density at radius 1 is 1.05 bits per heavy atom. The van der Waals surface area contributed by atoms with Gasteiger partial charge < -0.3 is 5.32 Å². The summed E-state index contributed by atoms with van der Waals surface area (Å²) in [4.78, 5) is 0. The van der Waals surface area contributed by atoms with Crippen LogP contribution in [0, 0.1) is 6.92 Å². The van der Waals surface area contributed by atoms with E-state index in [2.05, 4.69) is 93.5 Å². The van der Waals surface area contributed by atoms with Gasteiger partial charge in [-0.15, -0.1) is 0 Å². The molecule has 2 aromatic carbocycles. The number of benzene rings is 2. The quantitative estimate of drug-likeness (QED) is 0.675. The van der Waals surface area contributed by atoms with Gasteiger partial charge in [0.05, 0.1) is 6.04 Å². The molecule has 0 bridgehead atoms. The van der Waals surface area contributed by atoms with Crippen LogP contribution in [-0.2, 0) is 0 Å². The Balaban J connectivity index is 2.21. The van der Waals surface area contributed by atoms with Crippen LogP contribution in [0.25, 0.3) is 0 Å². The molecule has 2 aromatic rings. The summed E-state index contributed by atoms with van der Waals surface area (Å²) in [5.74, 6) is 0. The molecule has 2 rings (SSSR count). The topological polar surface area (TPSA) is 12.0 Å². The van der Waals surface area contributed by atoms with Crippen molar-refractivity contribution in [2.24, 2.45) is 0 Å². The molecule has 0 aliphatic rings. The Hall–Kier alpha value is -0.800. The highest BCUT2D eigenvalue weighted by Gasteiger charge is 2.10. The molecule has 0 aliphatic carbocycles. The molecule has 0 fully saturated rings. The number of nitrogens with one attached hydrogen (secondary N) is 1. The Morgan fingerprint density at radius 2 is 1.74 bits per heavy atom. The average molecular weight is 383 g/mol. The summed E-state index contributed by atoms with van der Waals surface area (Å²) in [6, 6.07) is 15.2. The van der Waals surface area contributed by atoms with Gasteiger partial charge >= 0.3 is 0 Å². The van der Waals surface area contributed by atoms with E-state index < -0.39 is 0 Å². The highest BCUT2D eigenvalue weighted by Crippen LogP contribution is 2.29. The number of halogens is 2. The van der Waals surface area contributed by atoms with E-state index in [-0.39, 0.29) is 0 Å². The van der Waals surface area contributed by atoms with E-state index in [4.69, 9.17) is 0 Å². The Bertz CT molecular complexity index is 549. The number of anilines is 1. The van der Waals surface area contributed by atoms with E-state index in [0.29, 0.717) is 6.04 Å². The van der Waals surface area contributed by atoms with Crippen molar-refractivity contribution < 1.29 is 0 Å². The first kappa shape index (κ1) is 14.6. The zero-order valence-electron chi connectivity index (χ0n) is 11.1. The minimum atomic E-state index is 0.326. The monoisotopic (exact) mass is 381 g/mol. The van der Waals surface area contributed by atoms with Crippen LogP contribution in [0.5, 0.6) is 0 Å². The van der Waals surface area contributed by atoms with Crippen LogP contribution in [0.3, 0.4) is 0 Å². The molecule has 3 heteroatoms. The lowest BCUT2D eigenvalue weighted by Crippen LogP contribution is -2.10. The maximum atomic E-state index is 3.62. The lowest BCUT2D eigenvalue weighted by Gasteiger charge is -2.20. The molecule has 0 saturated heterocycles. The van der Waals surface area contributed by atoms with Gasteiger partial charge in [0.25, 0.3) is 0 Å². The molecule has 1 N–H and O–H groups in total. The first-order valence-electron chi connectivity index (χ1n) is 6.38. The van der Waals surface area contributed by atoms with Gasteiger partial charge in [0.2, 0.25) is 0 Å². The van der Waals surface area contributed by atoms with Crippen LogP contribution in [0.1, 0.15) is 30.5 Å². The molecule has 0 heterocycles. The molecule has 0 aliphatic heterocycles. The largest absolute Gasteiger partial charge is 0.377 e. The minimum Gasteiger partial charge on any atom is -0.377 e. The van der Waals surface area contributed by atoms with Crippen LogP contribution in [0.15, 0.2) is 51.4 Å². The molecule has 0 spiro atoms. The summed E-state index contributed by atoms with van der Waals surface area (Å²) in [5, 5.41) is 3.60. The van der Waals surface area contributed by atoms with Gasteiger partial charge in [-0.05, 0) is 64.7 Å². The van der Waals surface area contributed by atoms with Crippen molar-refractivity contribution in [2.45, 2.75) is 26.3 Å². The maximum absolute atomic E-state index is 3.62. The number of hydrogen-bond acceptors (Lipinski definition) is 1. The van der Waals surface area contributed by atoms with Gasteiger partial charge in [-0.3, -0.25) is 0 Å². The molecule has 0 radical (unpaired) electrons. The van der Waals surface area contributed by atoms with Crippen molar-refractivity contribution in [3.63, 3.8) is 0 Å².